The van der Waals surface area contributed by atoms with E-state index in [0.29, 0.717) is 41.7 Å². The van der Waals surface area contributed by atoms with Crippen molar-refractivity contribution in [1.82, 2.24) is 10.2 Å². The smallest absolute Gasteiger partial charge is 0.154 e. The van der Waals surface area contributed by atoms with Crippen molar-refractivity contribution in [2.75, 3.05) is 6.61 Å². The van der Waals surface area contributed by atoms with Crippen LogP contribution in [0.2, 0.25) is 10.2 Å². The van der Waals surface area contributed by atoms with Crippen LogP contribution in [0.5, 0.6) is 0 Å². The minimum Gasteiger partial charge on any atom is -0.374 e. The molecule has 1 aliphatic rings. The Morgan fingerprint density at radius 3 is 1.67 bits per heavy atom. The SMILES string of the molecule is Cc1cc(C(C#N)c2cc([C@@H]3O[C@H](COCc4ccccc4)[C@@H](OCc4ccccc4)[C@H](OCc4ccccc4)[C@H]3OCc3ccccc3)ccc2Cl)nnc1Cl. The minimum absolute atomic E-state index is 0.211. The highest BCUT2D eigenvalue weighted by atomic mass is 35.5. The zero-order valence-corrected chi connectivity index (χ0v) is 33.0. The predicted octanol–water partition coefficient (Wildman–Crippen LogP) is 10.2. The Kier molecular flexibility index (Phi) is 14.1. The zero-order chi connectivity index (χ0) is 39.4. The van der Waals surface area contributed by atoms with Gasteiger partial charge in [0.1, 0.15) is 36.4 Å². The number of nitrogens with zero attached hydrogens (tertiary/aromatic N) is 3. The zero-order valence-electron chi connectivity index (χ0n) is 31.5. The summed E-state index contributed by atoms with van der Waals surface area (Å²) in [6.45, 7) is 3.34. The third-order valence-electron chi connectivity index (χ3n) is 9.91. The minimum atomic E-state index is -0.828. The lowest BCUT2D eigenvalue weighted by Gasteiger charge is -2.46. The maximum absolute atomic E-state index is 10.5. The van der Waals surface area contributed by atoms with Crippen LogP contribution in [0.3, 0.4) is 0 Å². The number of aryl methyl sites for hydroxylation is 1. The number of hydrogen-bond acceptors (Lipinski definition) is 8. The summed E-state index contributed by atoms with van der Waals surface area (Å²) < 4.78 is 34.2. The summed E-state index contributed by atoms with van der Waals surface area (Å²) in [5.41, 5.74) is 6.49. The topological polar surface area (TPSA) is 95.7 Å². The van der Waals surface area contributed by atoms with E-state index in [1.54, 1.807) is 12.1 Å². The van der Waals surface area contributed by atoms with Crippen LogP contribution >= 0.6 is 23.2 Å². The van der Waals surface area contributed by atoms with Gasteiger partial charge in [-0.05, 0) is 64.1 Å². The molecule has 57 heavy (non-hydrogen) atoms. The summed E-state index contributed by atoms with van der Waals surface area (Å²) in [7, 11) is 0. The van der Waals surface area contributed by atoms with E-state index in [0.717, 1.165) is 27.8 Å². The largest absolute Gasteiger partial charge is 0.374 e. The Bertz CT molecular complexity index is 2210. The van der Waals surface area contributed by atoms with E-state index in [1.807, 2.05) is 140 Å². The van der Waals surface area contributed by atoms with Gasteiger partial charge in [-0.2, -0.15) is 10.4 Å². The van der Waals surface area contributed by atoms with E-state index in [2.05, 4.69) is 16.3 Å². The summed E-state index contributed by atoms with van der Waals surface area (Å²) in [5, 5.41) is 19.5. The predicted molar refractivity (Wildman–Crippen MR) is 219 cm³/mol. The van der Waals surface area contributed by atoms with E-state index in [-0.39, 0.29) is 18.4 Å². The van der Waals surface area contributed by atoms with Crippen molar-refractivity contribution in [3.8, 4) is 6.07 Å². The van der Waals surface area contributed by atoms with Crippen LogP contribution in [0.25, 0.3) is 0 Å². The summed E-state index contributed by atoms with van der Waals surface area (Å²) >= 11 is 13.1. The van der Waals surface area contributed by atoms with Crippen molar-refractivity contribution in [2.24, 2.45) is 0 Å². The molecule has 1 aromatic heterocycles. The van der Waals surface area contributed by atoms with E-state index < -0.39 is 36.4 Å². The molecule has 0 N–H and O–H groups in total. The summed E-state index contributed by atoms with van der Waals surface area (Å²) in [6, 6.07) is 49.8. The monoisotopic (exact) mass is 799 g/mol. The Morgan fingerprint density at radius 1 is 0.632 bits per heavy atom. The molecule has 1 unspecified atom stereocenters. The third kappa shape index (κ3) is 10.5. The molecule has 1 aliphatic heterocycles. The Morgan fingerprint density at radius 2 is 1.14 bits per heavy atom. The first-order chi connectivity index (χ1) is 28.0. The molecular formula is C47H43Cl2N3O5. The Balaban J connectivity index is 1.29. The molecule has 1 fully saturated rings. The van der Waals surface area contributed by atoms with Crippen molar-refractivity contribution >= 4 is 23.2 Å². The summed E-state index contributed by atoms with van der Waals surface area (Å²) in [5.74, 6) is -0.828. The Labute approximate surface area is 343 Å². The first kappa shape index (κ1) is 40.3. The average molecular weight is 801 g/mol. The van der Waals surface area contributed by atoms with Crippen LogP contribution < -0.4 is 0 Å². The van der Waals surface area contributed by atoms with Gasteiger partial charge in [0.25, 0.3) is 0 Å². The number of hydrogen-bond donors (Lipinski definition) is 0. The van der Waals surface area contributed by atoms with Gasteiger partial charge in [-0.25, -0.2) is 0 Å². The van der Waals surface area contributed by atoms with Crippen molar-refractivity contribution < 1.29 is 23.7 Å². The van der Waals surface area contributed by atoms with Crippen molar-refractivity contribution in [3.05, 3.63) is 200 Å². The van der Waals surface area contributed by atoms with Crippen LogP contribution in [0.15, 0.2) is 146 Å². The second kappa shape index (κ2) is 20.0. The van der Waals surface area contributed by atoms with Gasteiger partial charge < -0.3 is 23.7 Å². The molecule has 290 valence electrons. The third-order valence-corrected chi connectivity index (χ3v) is 10.6. The lowest BCUT2D eigenvalue weighted by atomic mass is 9.87. The van der Waals surface area contributed by atoms with E-state index in [9.17, 15) is 5.26 Å². The van der Waals surface area contributed by atoms with Crippen molar-refractivity contribution in [1.29, 1.82) is 5.26 Å². The van der Waals surface area contributed by atoms with Gasteiger partial charge in [0, 0.05) is 5.02 Å². The fraction of sp³-hybridized carbons (Fsp3) is 0.255. The molecular weight excluding hydrogens is 757 g/mol. The molecule has 7 rings (SSSR count). The normalized spacial score (nSPS) is 19.8. The number of rotatable bonds is 16. The second-order valence-corrected chi connectivity index (χ2v) is 14.7. The molecule has 0 saturated carbocycles. The van der Waals surface area contributed by atoms with Crippen LogP contribution in [0.4, 0.5) is 0 Å². The average Bonchev–Trinajstić information content (AvgIpc) is 3.25. The number of nitriles is 1. The van der Waals surface area contributed by atoms with Gasteiger partial charge >= 0.3 is 0 Å². The van der Waals surface area contributed by atoms with E-state index in [4.69, 9.17) is 46.9 Å². The number of benzene rings is 5. The van der Waals surface area contributed by atoms with Crippen LogP contribution in [0, 0.1) is 18.3 Å². The molecule has 0 amide bonds. The molecule has 0 aliphatic carbocycles. The maximum atomic E-state index is 10.5. The molecule has 6 aromatic rings. The highest BCUT2D eigenvalue weighted by Gasteiger charge is 2.49. The quantitative estimate of drug-likeness (QED) is 0.0955. The molecule has 2 heterocycles. The molecule has 8 nitrogen and oxygen atoms in total. The van der Waals surface area contributed by atoms with Gasteiger partial charge in [-0.1, -0.05) is 151 Å². The summed E-state index contributed by atoms with van der Waals surface area (Å²) in [6.07, 6.45) is -3.18. The highest BCUT2D eigenvalue weighted by Crippen LogP contribution is 2.41. The van der Waals surface area contributed by atoms with Crippen molar-refractivity contribution in [3.63, 3.8) is 0 Å². The number of ether oxygens (including phenoxy) is 5. The van der Waals surface area contributed by atoms with Gasteiger partial charge in [0.05, 0.1) is 44.8 Å². The van der Waals surface area contributed by atoms with Crippen LogP contribution in [0.1, 0.15) is 56.7 Å². The fourth-order valence-electron chi connectivity index (χ4n) is 6.94. The van der Waals surface area contributed by atoms with Crippen LogP contribution in [-0.4, -0.2) is 41.2 Å². The van der Waals surface area contributed by atoms with Gasteiger partial charge in [0.15, 0.2) is 5.15 Å². The standard InChI is InChI=1S/C47H43Cl2N3O5/c1-32-24-41(51-52-47(32)49)39(26-50)38-25-37(22-23-40(38)48)43-45(55-29-35-18-10-4-11-19-35)46(56-30-36-20-12-5-13-21-36)44(54-28-34-16-8-3-9-17-34)42(57-43)31-53-27-33-14-6-2-7-15-33/h2-25,39,42-46H,27-31H2,1H3/t39?,42-,43+,44-,45+,46+/m1/s1. The van der Waals surface area contributed by atoms with Gasteiger partial charge in [0.2, 0.25) is 0 Å². The molecule has 6 atom stereocenters. The van der Waals surface area contributed by atoms with Crippen LogP contribution in [-0.2, 0) is 50.1 Å². The van der Waals surface area contributed by atoms with Gasteiger partial charge in [-0.15, -0.1) is 5.10 Å². The number of aromatic nitrogens is 2. The molecule has 0 spiro atoms. The molecule has 10 heteroatoms. The maximum Gasteiger partial charge on any atom is 0.154 e. The van der Waals surface area contributed by atoms with E-state index >= 15 is 0 Å². The lowest BCUT2D eigenvalue weighted by Crippen LogP contribution is -2.58. The van der Waals surface area contributed by atoms with Gasteiger partial charge in [-0.3, -0.25) is 0 Å². The lowest BCUT2D eigenvalue weighted by molar-refractivity contribution is -0.275. The molecule has 5 aromatic carbocycles. The van der Waals surface area contributed by atoms with Crippen molar-refractivity contribution in [2.45, 2.75) is 69.8 Å². The molecule has 0 radical (unpaired) electrons. The highest BCUT2D eigenvalue weighted by molar-refractivity contribution is 6.31. The first-order valence-electron chi connectivity index (χ1n) is 18.9. The number of halogens is 2. The fourth-order valence-corrected chi connectivity index (χ4v) is 7.26. The molecule has 0 bridgehead atoms. The summed E-state index contributed by atoms with van der Waals surface area (Å²) in [4.78, 5) is 0. The Hall–Kier alpha value is -4.95. The van der Waals surface area contributed by atoms with E-state index in [1.165, 1.54) is 0 Å². The first-order valence-corrected chi connectivity index (χ1v) is 19.6. The molecule has 1 saturated heterocycles. The second-order valence-electron chi connectivity index (χ2n) is 14.0.